The maximum atomic E-state index is 12.5. The van der Waals surface area contributed by atoms with E-state index in [1.54, 1.807) is 4.90 Å². The number of aliphatic hydroxyl groups is 1. The van der Waals surface area contributed by atoms with Gasteiger partial charge in [-0.15, -0.1) is 0 Å². The fourth-order valence-corrected chi connectivity index (χ4v) is 3.64. The highest BCUT2D eigenvalue weighted by Crippen LogP contribution is 2.29. The molecule has 6 heteroatoms. The molecule has 0 aromatic heterocycles. The van der Waals surface area contributed by atoms with Crippen molar-refractivity contribution in [3.8, 4) is 5.75 Å². The second-order valence-corrected chi connectivity index (χ2v) is 8.29. The minimum Gasteiger partial charge on any atom is -0.493 e. The normalized spacial score (nSPS) is 17.2. The molecule has 1 aliphatic carbocycles. The van der Waals surface area contributed by atoms with E-state index in [9.17, 15) is 14.7 Å². The summed E-state index contributed by atoms with van der Waals surface area (Å²) in [6.07, 6.45) is 0.901. The van der Waals surface area contributed by atoms with E-state index < -0.39 is 12.0 Å². The summed E-state index contributed by atoms with van der Waals surface area (Å²) in [4.78, 5) is 26.6. The number of benzene rings is 2. The predicted molar refractivity (Wildman–Crippen MR) is 113 cm³/mol. The minimum atomic E-state index is -1.37. The third kappa shape index (κ3) is 5.00. The van der Waals surface area contributed by atoms with Crippen molar-refractivity contribution in [2.75, 3.05) is 6.61 Å². The molecule has 6 nitrogen and oxygen atoms in total. The molecule has 1 aliphatic heterocycles. The standard InChI is InChI=1S/C24H28N2O4/c1-16(18-8-10-21(11-9-18)30-15-17-6-7-17)25-24(29)22(27)12-23(28)26-13-19-4-2-3-5-20(19)14-26/h2-5,8-11,16-17,22,27H,6-7,12-15H2,1H3,(H,25,29)/t16-,22-/m1/s1. The van der Waals surface area contributed by atoms with E-state index in [0.717, 1.165) is 29.0 Å². The Morgan fingerprint density at radius 2 is 1.73 bits per heavy atom. The highest BCUT2D eigenvalue weighted by molar-refractivity contribution is 5.87. The summed E-state index contributed by atoms with van der Waals surface area (Å²) in [5.41, 5.74) is 3.14. The van der Waals surface area contributed by atoms with Gasteiger partial charge in [-0.25, -0.2) is 0 Å². The van der Waals surface area contributed by atoms with Crippen molar-refractivity contribution in [3.63, 3.8) is 0 Å². The first kappa shape index (κ1) is 20.4. The molecule has 2 aromatic rings. The Morgan fingerprint density at radius 3 is 2.33 bits per heavy atom. The van der Waals surface area contributed by atoms with Gasteiger partial charge in [0.25, 0.3) is 0 Å². The van der Waals surface area contributed by atoms with E-state index >= 15 is 0 Å². The smallest absolute Gasteiger partial charge is 0.249 e. The van der Waals surface area contributed by atoms with Crippen molar-refractivity contribution in [3.05, 3.63) is 65.2 Å². The van der Waals surface area contributed by atoms with Gasteiger partial charge in [-0.1, -0.05) is 36.4 Å². The van der Waals surface area contributed by atoms with Crippen LogP contribution < -0.4 is 10.1 Å². The number of ether oxygens (including phenoxy) is 1. The van der Waals surface area contributed by atoms with Gasteiger partial charge in [0.1, 0.15) is 11.9 Å². The molecule has 1 saturated carbocycles. The zero-order valence-electron chi connectivity index (χ0n) is 17.2. The minimum absolute atomic E-state index is 0.222. The van der Waals surface area contributed by atoms with Crippen LogP contribution in [0.4, 0.5) is 0 Å². The summed E-state index contributed by atoms with van der Waals surface area (Å²) in [6, 6.07) is 15.2. The lowest BCUT2D eigenvalue weighted by Gasteiger charge is -2.20. The molecule has 1 heterocycles. The zero-order valence-corrected chi connectivity index (χ0v) is 17.2. The molecule has 30 heavy (non-hydrogen) atoms. The maximum absolute atomic E-state index is 12.5. The van der Waals surface area contributed by atoms with Crippen LogP contribution in [-0.2, 0) is 22.7 Å². The molecule has 0 saturated heterocycles. The van der Waals surface area contributed by atoms with Crippen LogP contribution in [0.25, 0.3) is 0 Å². The number of hydrogen-bond acceptors (Lipinski definition) is 4. The first-order valence-electron chi connectivity index (χ1n) is 10.6. The van der Waals surface area contributed by atoms with Crippen molar-refractivity contribution in [2.24, 2.45) is 5.92 Å². The van der Waals surface area contributed by atoms with Gasteiger partial charge in [0.05, 0.1) is 19.1 Å². The third-order valence-corrected chi connectivity index (χ3v) is 5.79. The second kappa shape index (κ2) is 8.88. The first-order chi connectivity index (χ1) is 14.5. The quantitative estimate of drug-likeness (QED) is 0.704. The van der Waals surface area contributed by atoms with E-state index in [1.807, 2.05) is 55.5 Å². The van der Waals surface area contributed by atoms with Crippen LogP contribution in [0.3, 0.4) is 0 Å². The zero-order chi connectivity index (χ0) is 21.1. The lowest BCUT2D eigenvalue weighted by Crippen LogP contribution is -2.39. The fourth-order valence-electron chi connectivity index (χ4n) is 3.64. The van der Waals surface area contributed by atoms with Gasteiger partial charge >= 0.3 is 0 Å². The topological polar surface area (TPSA) is 78.9 Å². The van der Waals surface area contributed by atoms with Crippen molar-refractivity contribution < 1.29 is 19.4 Å². The van der Waals surface area contributed by atoms with Crippen molar-refractivity contribution >= 4 is 11.8 Å². The SMILES string of the molecule is C[C@@H](NC(=O)[C@H](O)CC(=O)N1Cc2ccccc2C1)c1ccc(OCC2CC2)cc1. The van der Waals surface area contributed by atoms with Crippen LogP contribution in [0.2, 0.25) is 0 Å². The van der Waals surface area contributed by atoms with Crippen LogP contribution in [0, 0.1) is 5.92 Å². The van der Waals surface area contributed by atoms with Crippen molar-refractivity contribution in [1.82, 2.24) is 10.2 Å². The lowest BCUT2D eigenvalue weighted by molar-refractivity contribution is -0.140. The number of nitrogens with one attached hydrogen (secondary N) is 1. The van der Waals surface area contributed by atoms with Crippen LogP contribution in [-0.4, -0.2) is 34.5 Å². The Balaban J connectivity index is 1.25. The van der Waals surface area contributed by atoms with Gasteiger partial charge in [0, 0.05) is 13.1 Å². The molecule has 2 amide bonds. The molecule has 2 aliphatic rings. The molecule has 0 spiro atoms. The fraction of sp³-hybridized carbons (Fsp3) is 0.417. The number of aliphatic hydroxyl groups excluding tert-OH is 1. The average Bonchev–Trinajstić information content (AvgIpc) is 3.48. The van der Waals surface area contributed by atoms with Crippen LogP contribution >= 0.6 is 0 Å². The van der Waals surface area contributed by atoms with Gasteiger partial charge in [-0.3, -0.25) is 9.59 Å². The summed E-state index contributed by atoms with van der Waals surface area (Å²) < 4.78 is 5.73. The number of carbonyl (C=O) groups is 2. The molecule has 0 radical (unpaired) electrons. The van der Waals surface area contributed by atoms with Crippen LogP contribution in [0.15, 0.2) is 48.5 Å². The van der Waals surface area contributed by atoms with Gasteiger partial charge in [-0.2, -0.15) is 0 Å². The summed E-state index contributed by atoms with van der Waals surface area (Å²) in [5.74, 6) is 0.753. The molecule has 158 valence electrons. The maximum Gasteiger partial charge on any atom is 0.249 e. The van der Waals surface area contributed by atoms with Crippen molar-refractivity contribution in [2.45, 2.75) is 51.4 Å². The molecule has 1 fully saturated rings. The lowest BCUT2D eigenvalue weighted by atomic mass is 10.1. The molecule has 2 aromatic carbocycles. The highest BCUT2D eigenvalue weighted by Gasteiger charge is 2.27. The predicted octanol–water partition coefficient (Wildman–Crippen LogP) is 2.95. The monoisotopic (exact) mass is 408 g/mol. The number of carbonyl (C=O) groups excluding carboxylic acids is 2. The number of amides is 2. The summed E-state index contributed by atoms with van der Waals surface area (Å²) in [5, 5.41) is 13.0. The molecular formula is C24H28N2O4. The number of fused-ring (bicyclic) bond motifs is 1. The van der Waals surface area contributed by atoms with Gasteiger partial charge in [0.2, 0.25) is 11.8 Å². The summed E-state index contributed by atoms with van der Waals surface area (Å²) >= 11 is 0. The second-order valence-electron chi connectivity index (χ2n) is 8.29. The third-order valence-electron chi connectivity index (χ3n) is 5.79. The van der Waals surface area contributed by atoms with Crippen LogP contribution in [0.5, 0.6) is 5.75 Å². The van der Waals surface area contributed by atoms with Gasteiger partial charge < -0.3 is 20.1 Å². The number of hydrogen-bond donors (Lipinski definition) is 2. The summed E-state index contributed by atoms with van der Waals surface area (Å²) in [6.45, 7) is 3.65. The van der Waals surface area contributed by atoms with Crippen LogP contribution in [0.1, 0.15) is 48.9 Å². The van der Waals surface area contributed by atoms with E-state index in [2.05, 4.69) is 5.32 Å². The average molecular weight is 408 g/mol. The Morgan fingerprint density at radius 1 is 1.10 bits per heavy atom. The number of nitrogens with zero attached hydrogens (tertiary/aromatic N) is 1. The Hall–Kier alpha value is -2.86. The van der Waals surface area contributed by atoms with E-state index in [1.165, 1.54) is 12.8 Å². The molecule has 0 bridgehead atoms. The Labute approximate surface area is 176 Å². The van der Waals surface area contributed by atoms with Gasteiger partial charge in [-0.05, 0) is 54.5 Å². The first-order valence-corrected chi connectivity index (χ1v) is 10.6. The number of rotatable bonds is 8. The molecular weight excluding hydrogens is 380 g/mol. The largest absolute Gasteiger partial charge is 0.493 e. The molecule has 4 rings (SSSR count). The highest BCUT2D eigenvalue weighted by atomic mass is 16.5. The van der Waals surface area contributed by atoms with E-state index in [4.69, 9.17) is 4.74 Å². The molecule has 0 unspecified atom stereocenters. The van der Waals surface area contributed by atoms with Gasteiger partial charge in [0.15, 0.2) is 0 Å². The Kier molecular flexibility index (Phi) is 6.04. The van der Waals surface area contributed by atoms with E-state index in [0.29, 0.717) is 19.0 Å². The molecule has 2 atom stereocenters. The van der Waals surface area contributed by atoms with Crippen molar-refractivity contribution in [1.29, 1.82) is 0 Å². The summed E-state index contributed by atoms with van der Waals surface area (Å²) in [7, 11) is 0. The Bertz CT molecular complexity index is 883. The van der Waals surface area contributed by atoms with E-state index in [-0.39, 0.29) is 18.4 Å². The molecule has 2 N–H and O–H groups in total.